The van der Waals surface area contributed by atoms with Crippen molar-refractivity contribution >= 4 is 23.4 Å². The van der Waals surface area contributed by atoms with Gasteiger partial charge in [0, 0.05) is 25.3 Å². The van der Waals surface area contributed by atoms with Crippen molar-refractivity contribution < 1.29 is 9.21 Å². The second-order valence-electron chi connectivity index (χ2n) is 5.22. The highest BCUT2D eigenvalue weighted by Crippen LogP contribution is 2.33. The van der Waals surface area contributed by atoms with Gasteiger partial charge in [0.2, 0.25) is 0 Å². The molecule has 0 saturated heterocycles. The van der Waals surface area contributed by atoms with E-state index in [-0.39, 0.29) is 11.7 Å². The van der Waals surface area contributed by atoms with Crippen molar-refractivity contribution in [2.45, 2.75) is 6.04 Å². The van der Waals surface area contributed by atoms with Gasteiger partial charge in [-0.15, -0.1) is 0 Å². The minimum absolute atomic E-state index is 0.221. The van der Waals surface area contributed by atoms with Crippen molar-refractivity contribution in [3.05, 3.63) is 54.0 Å². The molecule has 0 aliphatic carbocycles. The molecule has 0 saturated carbocycles. The van der Waals surface area contributed by atoms with Gasteiger partial charge in [-0.05, 0) is 36.4 Å². The number of amides is 1. The number of hydrogen-bond acceptors (Lipinski definition) is 4. The third-order valence-electron chi connectivity index (χ3n) is 3.61. The Kier molecular flexibility index (Phi) is 3.43. The van der Waals surface area contributed by atoms with Crippen LogP contribution in [0.3, 0.4) is 0 Å². The lowest BCUT2D eigenvalue weighted by Crippen LogP contribution is -2.40. The lowest BCUT2D eigenvalue weighted by atomic mass is 10.0. The van der Waals surface area contributed by atoms with Crippen molar-refractivity contribution in [1.29, 1.82) is 5.26 Å². The summed E-state index contributed by atoms with van der Waals surface area (Å²) in [6.07, 6.45) is 5.05. The van der Waals surface area contributed by atoms with Crippen LogP contribution in [0.5, 0.6) is 0 Å². The monoisotopic (exact) mass is 293 g/mol. The molecule has 5 nitrogen and oxygen atoms in total. The van der Waals surface area contributed by atoms with E-state index in [4.69, 9.17) is 4.42 Å². The second kappa shape index (κ2) is 5.41. The van der Waals surface area contributed by atoms with E-state index in [1.165, 1.54) is 11.2 Å². The first-order valence-electron chi connectivity index (χ1n) is 6.88. The van der Waals surface area contributed by atoms with Crippen molar-refractivity contribution in [1.82, 2.24) is 0 Å². The first-order chi connectivity index (χ1) is 10.6. The summed E-state index contributed by atoms with van der Waals surface area (Å²) in [5, 5.41) is 9.34. The Labute approximate surface area is 128 Å². The van der Waals surface area contributed by atoms with Crippen LogP contribution in [0.25, 0.3) is 6.08 Å². The topological polar surface area (TPSA) is 60.5 Å². The summed E-state index contributed by atoms with van der Waals surface area (Å²) in [6, 6.07) is 10.5. The zero-order valence-electron chi connectivity index (χ0n) is 12.4. The van der Waals surface area contributed by atoms with E-state index in [1.54, 1.807) is 18.2 Å². The predicted molar refractivity (Wildman–Crippen MR) is 84.7 cm³/mol. The van der Waals surface area contributed by atoms with Crippen LogP contribution in [-0.4, -0.2) is 26.0 Å². The number of furan rings is 1. The molecule has 2 heterocycles. The van der Waals surface area contributed by atoms with Gasteiger partial charge in [0.1, 0.15) is 6.04 Å². The number of nitriles is 1. The maximum absolute atomic E-state index is 12.6. The fourth-order valence-corrected chi connectivity index (χ4v) is 2.46. The number of hydrogen-bond donors (Lipinski definition) is 0. The molecule has 1 atom stereocenters. The maximum atomic E-state index is 12.6. The number of carbonyl (C=O) groups is 1. The predicted octanol–water partition coefficient (Wildman–Crippen LogP) is 2.91. The highest BCUT2D eigenvalue weighted by molar-refractivity contribution is 6.07. The number of carbonyl (C=O) groups excluding carboxylic acids is 1. The van der Waals surface area contributed by atoms with Gasteiger partial charge in [-0.1, -0.05) is 6.08 Å². The SMILES string of the molecule is CN(C)c1ccc2c(c1)C=C[C@H](C#N)N2C(=O)c1ccco1. The molecule has 0 fully saturated rings. The third-order valence-corrected chi connectivity index (χ3v) is 3.61. The molecule has 3 rings (SSSR count). The third kappa shape index (κ3) is 2.25. The fourth-order valence-electron chi connectivity index (χ4n) is 2.46. The molecule has 1 aromatic carbocycles. The molecule has 1 aliphatic heterocycles. The van der Waals surface area contributed by atoms with Crippen LogP contribution in [-0.2, 0) is 0 Å². The van der Waals surface area contributed by atoms with Gasteiger partial charge in [0.15, 0.2) is 5.76 Å². The number of fused-ring (bicyclic) bond motifs is 1. The van der Waals surface area contributed by atoms with Gasteiger partial charge in [0.25, 0.3) is 5.91 Å². The van der Waals surface area contributed by atoms with Gasteiger partial charge in [-0.2, -0.15) is 5.26 Å². The standard InChI is InChI=1S/C17H15N3O2/c1-19(2)13-7-8-15-12(10-13)5-6-14(11-18)20(15)17(21)16-4-3-9-22-16/h3-10,14H,1-2H3/t14-/m1/s1. The normalized spacial score (nSPS) is 16.0. The molecule has 22 heavy (non-hydrogen) atoms. The van der Waals surface area contributed by atoms with E-state index in [0.29, 0.717) is 5.69 Å². The summed E-state index contributed by atoms with van der Waals surface area (Å²) in [5.41, 5.74) is 2.64. The van der Waals surface area contributed by atoms with Crippen LogP contribution in [0.15, 0.2) is 47.1 Å². The Morgan fingerprint density at radius 3 is 2.82 bits per heavy atom. The van der Waals surface area contributed by atoms with Crippen LogP contribution >= 0.6 is 0 Å². The summed E-state index contributed by atoms with van der Waals surface area (Å²) < 4.78 is 5.19. The molecule has 5 heteroatoms. The average molecular weight is 293 g/mol. The second-order valence-corrected chi connectivity index (χ2v) is 5.22. The number of rotatable bonds is 2. The van der Waals surface area contributed by atoms with Crippen molar-refractivity contribution in [2.75, 3.05) is 23.9 Å². The first kappa shape index (κ1) is 14.0. The number of benzene rings is 1. The fraction of sp³-hybridized carbons (Fsp3) is 0.176. The van der Waals surface area contributed by atoms with E-state index < -0.39 is 6.04 Å². The summed E-state index contributed by atoms with van der Waals surface area (Å²) >= 11 is 0. The van der Waals surface area contributed by atoms with Crippen molar-refractivity contribution in [3.63, 3.8) is 0 Å². The molecule has 2 aromatic rings. The van der Waals surface area contributed by atoms with Gasteiger partial charge in [-0.25, -0.2) is 0 Å². The Balaban J connectivity index is 2.08. The quantitative estimate of drug-likeness (QED) is 0.854. The zero-order chi connectivity index (χ0) is 15.7. The Bertz CT molecular complexity index is 770. The van der Waals surface area contributed by atoms with Crippen LogP contribution in [0.1, 0.15) is 16.1 Å². The van der Waals surface area contributed by atoms with Crippen LogP contribution in [0.2, 0.25) is 0 Å². The van der Waals surface area contributed by atoms with Gasteiger partial charge >= 0.3 is 0 Å². The molecule has 0 bridgehead atoms. The minimum Gasteiger partial charge on any atom is -0.459 e. The summed E-state index contributed by atoms with van der Waals surface area (Å²) in [5.74, 6) is -0.0991. The highest BCUT2D eigenvalue weighted by atomic mass is 16.3. The maximum Gasteiger partial charge on any atom is 0.295 e. The molecular formula is C17H15N3O2. The molecule has 1 amide bonds. The number of anilines is 2. The summed E-state index contributed by atoms with van der Waals surface area (Å²) in [7, 11) is 3.91. The smallest absolute Gasteiger partial charge is 0.295 e. The van der Waals surface area contributed by atoms with Crippen LogP contribution in [0.4, 0.5) is 11.4 Å². The van der Waals surface area contributed by atoms with Gasteiger partial charge < -0.3 is 9.32 Å². The lowest BCUT2D eigenvalue weighted by Gasteiger charge is -2.30. The molecule has 1 aliphatic rings. The summed E-state index contributed by atoms with van der Waals surface area (Å²) in [4.78, 5) is 16.1. The van der Waals surface area contributed by atoms with Gasteiger partial charge in [0.05, 0.1) is 18.0 Å². The molecule has 110 valence electrons. The van der Waals surface area contributed by atoms with Crippen molar-refractivity contribution in [2.24, 2.45) is 0 Å². The molecule has 0 unspecified atom stereocenters. The Hall–Kier alpha value is -3.00. The summed E-state index contributed by atoms with van der Waals surface area (Å²) in [6.45, 7) is 0. The molecule has 0 radical (unpaired) electrons. The van der Waals surface area contributed by atoms with Crippen LogP contribution < -0.4 is 9.80 Å². The van der Waals surface area contributed by atoms with E-state index in [9.17, 15) is 10.1 Å². The average Bonchev–Trinajstić information content (AvgIpc) is 3.06. The molecular weight excluding hydrogens is 278 g/mol. The van der Waals surface area contributed by atoms with Crippen LogP contribution in [0, 0.1) is 11.3 Å². The molecule has 0 N–H and O–H groups in total. The van der Waals surface area contributed by atoms with Crippen molar-refractivity contribution in [3.8, 4) is 6.07 Å². The Morgan fingerprint density at radius 1 is 1.36 bits per heavy atom. The van der Waals surface area contributed by atoms with E-state index in [2.05, 4.69) is 6.07 Å². The molecule has 1 aromatic heterocycles. The van der Waals surface area contributed by atoms with Gasteiger partial charge in [-0.3, -0.25) is 9.69 Å². The minimum atomic E-state index is -0.643. The zero-order valence-corrected chi connectivity index (χ0v) is 12.4. The van der Waals surface area contributed by atoms with E-state index in [1.807, 2.05) is 43.3 Å². The first-order valence-corrected chi connectivity index (χ1v) is 6.88. The number of nitrogens with zero attached hydrogens (tertiary/aromatic N) is 3. The lowest BCUT2D eigenvalue weighted by molar-refractivity contribution is 0.0958. The van der Waals surface area contributed by atoms with E-state index >= 15 is 0 Å². The van der Waals surface area contributed by atoms with E-state index in [0.717, 1.165) is 11.3 Å². The highest BCUT2D eigenvalue weighted by Gasteiger charge is 2.30. The Morgan fingerprint density at radius 2 is 2.18 bits per heavy atom. The molecule has 0 spiro atoms. The largest absolute Gasteiger partial charge is 0.459 e.